The maximum Gasteiger partial charge on any atom is 0.317 e. The smallest absolute Gasteiger partial charge is 0.317 e. The summed E-state index contributed by atoms with van der Waals surface area (Å²) in [4.78, 5) is 10.5. The fraction of sp³-hybridized carbons (Fsp3) is 0.417. The molecule has 17 heavy (non-hydrogen) atoms. The van der Waals surface area contributed by atoms with Crippen LogP contribution < -0.4 is 14.8 Å². The quantitative estimate of drug-likeness (QED) is 0.786. The molecule has 1 atom stereocenters. The molecule has 0 spiro atoms. The molecule has 94 valence electrons. The van der Waals surface area contributed by atoms with Crippen LogP contribution in [0.5, 0.6) is 11.5 Å². The van der Waals surface area contributed by atoms with E-state index in [4.69, 9.17) is 14.6 Å². The highest BCUT2D eigenvalue weighted by atomic mass is 16.5. The number of benzene rings is 1. The van der Waals surface area contributed by atoms with Gasteiger partial charge in [0.05, 0.1) is 20.8 Å². The minimum atomic E-state index is -0.885. The lowest BCUT2D eigenvalue weighted by molar-refractivity contribution is -0.136. The van der Waals surface area contributed by atoms with Crippen LogP contribution in [-0.2, 0) is 4.79 Å². The van der Waals surface area contributed by atoms with Crippen LogP contribution in [-0.4, -0.2) is 31.8 Å². The molecule has 1 aromatic carbocycles. The van der Waals surface area contributed by atoms with Crippen molar-refractivity contribution in [1.82, 2.24) is 5.32 Å². The molecule has 0 aliphatic heterocycles. The van der Waals surface area contributed by atoms with E-state index in [1.165, 1.54) is 0 Å². The van der Waals surface area contributed by atoms with Gasteiger partial charge in [-0.15, -0.1) is 0 Å². The zero-order valence-corrected chi connectivity index (χ0v) is 10.2. The number of nitrogens with one attached hydrogen (secondary N) is 1. The second-order valence-corrected chi connectivity index (χ2v) is 3.60. The van der Waals surface area contributed by atoms with Crippen molar-refractivity contribution >= 4 is 5.97 Å². The van der Waals surface area contributed by atoms with Gasteiger partial charge in [-0.25, -0.2) is 0 Å². The van der Waals surface area contributed by atoms with Crippen LogP contribution in [0.2, 0.25) is 0 Å². The molecule has 0 heterocycles. The molecule has 1 aromatic rings. The second-order valence-electron chi connectivity index (χ2n) is 3.60. The zero-order chi connectivity index (χ0) is 12.8. The van der Waals surface area contributed by atoms with Gasteiger partial charge in [0.15, 0.2) is 0 Å². The third kappa shape index (κ3) is 3.64. The Hall–Kier alpha value is -1.75. The highest BCUT2D eigenvalue weighted by molar-refractivity contribution is 5.69. The molecule has 0 radical (unpaired) electrons. The van der Waals surface area contributed by atoms with Gasteiger partial charge in [0.2, 0.25) is 0 Å². The Morgan fingerprint density at radius 1 is 1.41 bits per heavy atom. The van der Waals surface area contributed by atoms with E-state index < -0.39 is 5.97 Å². The topological polar surface area (TPSA) is 67.8 Å². The summed E-state index contributed by atoms with van der Waals surface area (Å²) < 4.78 is 10.3. The van der Waals surface area contributed by atoms with E-state index in [-0.39, 0.29) is 12.6 Å². The molecule has 0 amide bonds. The summed E-state index contributed by atoms with van der Waals surface area (Å²) in [7, 11) is 3.16. The van der Waals surface area contributed by atoms with Gasteiger partial charge in [-0.05, 0) is 13.0 Å². The van der Waals surface area contributed by atoms with E-state index in [1.807, 2.05) is 19.1 Å². The monoisotopic (exact) mass is 239 g/mol. The van der Waals surface area contributed by atoms with E-state index in [9.17, 15) is 4.79 Å². The van der Waals surface area contributed by atoms with Crippen LogP contribution in [0.4, 0.5) is 0 Å². The lowest BCUT2D eigenvalue weighted by atomic mass is 10.1. The predicted molar refractivity (Wildman–Crippen MR) is 63.6 cm³/mol. The molecule has 2 N–H and O–H groups in total. The van der Waals surface area contributed by atoms with E-state index in [0.717, 1.165) is 5.56 Å². The minimum Gasteiger partial charge on any atom is -0.497 e. The maximum atomic E-state index is 10.5. The molecule has 5 heteroatoms. The first kappa shape index (κ1) is 13.3. The molecule has 0 fully saturated rings. The molecular formula is C12H17NO4. The molecule has 0 aliphatic carbocycles. The standard InChI is InChI=1S/C12H17NO4/c1-8(13-7-12(14)15)10-5-4-9(16-2)6-11(10)17-3/h4-6,8,13H,7H2,1-3H3,(H,14,15). The molecule has 1 unspecified atom stereocenters. The number of methoxy groups -OCH3 is 2. The van der Waals surface area contributed by atoms with Gasteiger partial charge in [0, 0.05) is 17.7 Å². The number of hydrogen-bond acceptors (Lipinski definition) is 4. The molecule has 0 saturated heterocycles. The summed E-state index contributed by atoms with van der Waals surface area (Å²) in [6, 6.07) is 5.34. The van der Waals surface area contributed by atoms with E-state index in [1.54, 1.807) is 20.3 Å². The van der Waals surface area contributed by atoms with Crippen molar-refractivity contribution in [3.05, 3.63) is 23.8 Å². The Kier molecular flexibility index (Phi) is 4.78. The Bertz CT molecular complexity index is 392. The normalized spacial score (nSPS) is 11.9. The number of rotatable bonds is 6. The van der Waals surface area contributed by atoms with Crippen molar-refractivity contribution in [2.45, 2.75) is 13.0 Å². The molecule has 0 aliphatic rings. The van der Waals surface area contributed by atoms with E-state index in [2.05, 4.69) is 5.32 Å². The number of carbonyl (C=O) groups is 1. The fourth-order valence-corrected chi connectivity index (χ4v) is 1.53. The van der Waals surface area contributed by atoms with Crippen LogP contribution in [0.25, 0.3) is 0 Å². The summed E-state index contributed by atoms with van der Waals surface area (Å²) in [5.74, 6) is 0.495. The molecule has 0 aromatic heterocycles. The first-order valence-electron chi connectivity index (χ1n) is 5.25. The molecular weight excluding hydrogens is 222 g/mol. The van der Waals surface area contributed by atoms with Crippen LogP contribution in [0.1, 0.15) is 18.5 Å². The van der Waals surface area contributed by atoms with Gasteiger partial charge in [-0.3, -0.25) is 4.79 Å². The van der Waals surface area contributed by atoms with Crippen LogP contribution in [0.15, 0.2) is 18.2 Å². The van der Waals surface area contributed by atoms with Crippen molar-refractivity contribution in [2.24, 2.45) is 0 Å². The van der Waals surface area contributed by atoms with Gasteiger partial charge in [0.1, 0.15) is 11.5 Å². The number of ether oxygens (including phenoxy) is 2. The highest BCUT2D eigenvalue weighted by Crippen LogP contribution is 2.29. The van der Waals surface area contributed by atoms with E-state index >= 15 is 0 Å². The van der Waals surface area contributed by atoms with Crippen LogP contribution >= 0.6 is 0 Å². The van der Waals surface area contributed by atoms with Crippen molar-refractivity contribution in [3.63, 3.8) is 0 Å². The van der Waals surface area contributed by atoms with Gasteiger partial charge in [0.25, 0.3) is 0 Å². The maximum absolute atomic E-state index is 10.5. The first-order valence-corrected chi connectivity index (χ1v) is 5.25. The van der Waals surface area contributed by atoms with Gasteiger partial charge < -0.3 is 19.9 Å². The minimum absolute atomic E-state index is 0.0870. The molecule has 1 rings (SSSR count). The molecule has 5 nitrogen and oxygen atoms in total. The number of carboxylic acids is 1. The van der Waals surface area contributed by atoms with Gasteiger partial charge >= 0.3 is 5.97 Å². The summed E-state index contributed by atoms with van der Waals surface area (Å²) in [6.07, 6.45) is 0. The number of aliphatic carboxylic acids is 1. The highest BCUT2D eigenvalue weighted by Gasteiger charge is 2.12. The SMILES string of the molecule is COc1ccc(C(C)NCC(=O)O)c(OC)c1. The lowest BCUT2D eigenvalue weighted by Gasteiger charge is -2.17. The van der Waals surface area contributed by atoms with Gasteiger partial charge in [-0.1, -0.05) is 6.07 Å². The lowest BCUT2D eigenvalue weighted by Crippen LogP contribution is -2.25. The second kappa shape index (κ2) is 6.10. The Morgan fingerprint density at radius 3 is 2.65 bits per heavy atom. The molecule has 0 bridgehead atoms. The Labute approximate surface area is 100 Å². The molecule has 0 saturated carbocycles. The third-order valence-electron chi connectivity index (χ3n) is 2.47. The fourth-order valence-electron chi connectivity index (χ4n) is 1.53. The summed E-state index contributed by atoms with van der Waals surface area (Å²) in [5, 5.41) is 11.5. The summed E-state index contributed by atoms with van der Waals surface area (Å²) >= 11 is 0. The number of carboxylic acid groups (broad SMARTS) is 1. The Balaban J connectivity index is 2.84. The number of hydrogen-bond donors (Lipinski definition) is 2. The summed E-state index contributed by atoms with van der Waals surface area (Å²) in [5.41, 5.74) is 0.898. The van der Waals surface area contributed by atoms with Gasteiger partial charge in [-0.2, -0.15) is 0 Å². The predicted octanol–water partition coefficient (Wildman–Crippen LogP) is 1.44. The largest absolute Gasteiger partial charge is 0.497 e. The first-order chi connectivity index (χ1) is 8.08. The van der Waals surface area contributed by atoms with Crippen molar-refractivity contribution in [3.8, 4) is 11.5 Å². The van der Waals surface area contributed by atoms with Crippen molar-refractivity contribution in [1.29, 1.82) is 0 Å². The average Bonchev–Trinajstić information content (AvgIpc) is 2.34. The third-order valence-corrected chi connectivity index (χ3v) is 2.47. The zero-order valence-electron chi connectivity index (χ0n) is 10.2. The Morgan fingerprint density at radius 2 is 2.12 bits per heavy atom. The van der Waals surface area contributed by atoms with Crippen molar-refractivity contribution < 1.29 is 19.4 Å². The average molecular weight is 239 g/mol. The van der Waals surface area contributed by atoms with E-state index in [0.29, 0.717) is 11.5 Å². The summed E-state index contributed by atoms with van der Waals surface area (Å²) in [6.45, 7) is 1.80. The van der Waals surface area contributed by atoms with Crippen molar-refractivity contribution in [2.75, 3.05) is 20.8 Å². The van der Waals surface area contributed by atoms with Crippen LogP contribution in [0, 0.1) is 0 Å². The van der Waals surface area contributed by atoms with Crippen LogP contribution in [0.3, 0.4) is 0 Å².